The highest BCUT2D eigenvalue weighted by molar-refractivity contribution is 5.79. The Bertz CT molecular complexity index is 335. The minimum atomic E-state index is -0.786. The van der Waals surface area contributed by atoms with Crippen molar-refractivity contribution in [2.45, 2.75) is 39.5 Å². The molecule has 116 valence electrons. The maximum absolute atomic E-state index is 12.0. The lowest BCUT2D eigenvalue weighted by Crippen LogP contribution is -2.42. The standard InChI is InChI=1S/C14H26N2O4/c1-3-6-14(12(17)18)7-9-16(11-14)13(19)15-8-5-10-20-4-2/h3-11H2,1-2H3,(H,15,19)(H,17,18). The van der Waals surface area contributed by atoms with E-state index in [0.717, 1.165) is 12.8 Å². The van der Waals surface area contributed by atoms with Crippen molar-refractivity contribution in [3.8, 4) is 0 Å². The van der Waals surface area contributed by atoms with Gasteiger partial charge in [-0.15, -0.1) is 0 Å². The monoisotopic (exact) mass is 286 g/mol. The van der Waals surface area contributed by atoms with Crippen molar-refractivity contribution in [1.82, 2.24) is 10.2 Å². The van der Waals surface area contributed by atoms with Crippen molar-refractivity contribution in [3.63, 3.8) is 0 Å². The third-order valence-electron chi connectivity index (χ3n) is 3.77. The van der Waals surface area contributed by atoms with Gasteiger partial charge in [0.15, 0.2) is 0 Å². The van der Waals surface area contributed by atoms with E-state index in [1.54, 1.807) is 4.90 Å². The fourth-order valence-corrected chi connectivity index (χ4v) is 2.64. The van der Waals surface area contributed by atoms with Crippen LogP contribution in [0.25, 0.3) is 0 Å². The molecule has 1 unspecified atom stereocenters. The summed E-state index contributed by atoms with van der Waals surface area (Å²) in [7, 11) is 0. The fraction of sp³-hybridized carbons (Fsp3) is 0.857. The van der Waals surface area contributed by atoms with Gasteiger partial charge in [0.05, 0.1) is 5.41 Å². The van der Waals surface area contributed by atoms with Crippen LogP contribution in [0.5, 0.6) is 0 Å². The second kappa shape index (κ2) is 8.09. The van der Waals surface area contributed by atoms with Crippen molar-refractivity contribution in [2.24, 2.45) is 5.41 Å². The minimum Gasteiger partial charge on any atom is -0.481 e. The number of carbonyl (C=O) groups excluding carboxylic acids is 1. The van der Waals surface area contributed by atoms with Crippen molar-refractivity contribution >= 4 is 12.0 Å². The number of urea groups is 1. The van der Waals surface area contributed by atoms with E-state index in [1.807, 2.05) is 13.8 Å². The summed E-state index contributed by atoms with van der Waals surface area (Å²) >= 11 is 0. The number of nitrogens with zero attached hydrogens (tertiary/aromatic N) is 1. The molecule has 0 aromatic carbocycles. The number of aliphatic carboxylic acids is 1. The molecule has 0 spiro atoms. The summed E-state index contributed by atoms with van der Waals surface area (Å²) in [6, 6.07) is -0.166. The van der Waals surface area contributed by atoms with Gasteiger partial charge in [0, 0.05) is 32.8 Å². The zero-order valence-corrected chi connectivity index (χ0v) is 12.5. The Kier molecular flexibility index (Phi) is 6.78. The van der Waals surface area contributed by atoms with Crippen LogP contribution in [0.1, 0.15) is 39.5 Å². The Morgan fingerprint density at radius 1 is 1.40 bits per heavy atom. The maximum atomic E-state index is 12.0. The Morgan fingerprint density at radius 3 is 2.75 bits per heavy atom. The predicted octanol–water partition coefficient (Wildman–Crippen LogP) is 1.70. The van der Waals surface area contributed by atoms with Crippen molar-refractivity contribution in [2.75, 3.05) is 32.8 Å². The molecule has 0 bridgehead atoms. The molecule has 1 rings (SSSR count). The van der Waals surface area contributed by atoms with Gasteiger partial charge in [0.1, 0.15) is 0 Å². The molecule has 2 amide bonds. The third kappa shape index (κ3) is 4.37. The van der Waals surface area contributed by atoms with Crippen LogP contribution in [0.4, 0.5) is 4.79 Å². The largest absolute Gasteiger partial charge is 0.481 e. The molecular formula is C14H26N2O4. The van der Waals surface area contributed by atoms with E-state index in [9.17, 15) is 14.7 Å². The summed E-state index contributed by atoms with van der Waals surface area (Å²) in [5.74, 6) is -0.786. The molecule has 1 aliphatic rings. The Balaban J connectivity index is 2.38. The van der Waals surface area contributed by atoms with Gasteiger partial charge in [0.2, 0.25) is 0 Å². The molecule has 6 heteroatoms. The van der Waals surface area contributed by atoms with E-state index in [1.165, 1.54) is 0 Å². The number of nitrogens with one attached hydrogen (secondary N) is 1. The van der Waals surface area contributed by atoms with Crippen LogP contribution in [0.15, 0.2) is 0 Å². The summed E-state index contributed by atoms with van der Waals surface area (Å²) in [4.78, 5) is 25.0. The number of rotatable bonds is 8. The van der Waals surface area contributed by atoms with Crippen LogP contribution in [0.2, 0.25) is 0 Å². The van der Waals surface area contributed by atoms with Crippen molar-refractivity contribution in [3.05, 3.63) is 0 Å². The molecule has 6 nitrogen and oxygen atoms in total. The van der Waals surface area contributed by atoms with Gasteiger partial charge in [-0.25, -0.2) is 4.79 Å². The number of likely N-dealkylation sites (tertiary alicyclic amines) is 1. The molecule has 1 saturated heterocycles. The SMILES string of the molecule is CCCC1(C(=O)O)CCN(C(=O)NCCCOCC)C1. The summed E-state index contributed by atoms with van der Waals surface area (Å²) < 4.78 is 5.19. The Labute approximate surface area is 120 Å². The van der Waals surface area contributed by atoms with E-state index >= 15 is 0 Å². The van der Waals surface area contributed by atoms with E-state index in [4.69, 9.17) is 4.74 Å². The topological polar surface area (TPSA) is 78.9 Å². The zero-order valence-electron chi connectivity index (χ0n) is 12.5. The van der Waals surface area contributed by atoms with Crippen molar-refractivity contribution < 1.29 is 19.4 Å². The molecule has 2 N–H and O–H groups in total. The van der Waals surface area contributed by atoms with Crippen LogP contribution in [0, 0.1) is 5.41 Å². The highest BCUT2D eigenvalue weighted by Crippen LogP contribution is 2.35. The van der Waals surface area contributed by atoms with Crippen LogP contribution in [0.3, 0.4) is 0 Å². The third-order valence-corrected chi connectivity index (χ3v) is 3.77. The minimum absolute atomic E-state index is 0.166. The highest BCUT2D eigenvalue weighted by atomic mass is 16.5. The fourth-order valence-electron chi connectivity index (χ4n) is 2.64. The number of hydrogen-bond acceptors (Lipinski definition) is 3. The summed E-state index contributed by atoms with van der Waals surface area (Å²) in [5, 5.41) is 12.2. The molecule has 0 aromatic rings. The van der Waals surface area contributed by atoms with Crippen LogP contribution >= 0.6 is 0 Å². The van der Waals surface area contributed by atoms with Gasteiger partial charge in [-0.2, -0.15) is 0 Å². The van der Waals surface area contributed by atoms with E-state index in [0.29, 0.717) is 45.7 Å². The average Bonchev–Trinajstić information content (AvgIpc) is 2.84. The van der Waals surface area contributed by atoms with Crippen molar-refractivity contribution in [1.29, 1.82) is 0 Å². The first-order chi connectivity index (χ1) is 9.55. The maximum Gasteiger partial charge on any atom is 0.317 e. The molecule has 1 fully saturated rings. The van der Waals surface area contributed by atoms with Gasteiger partial charge in [0.25, 0.3) is 0 Å². The first-order valence-corrected chi connectivity index (χ1v) is 7.39. The molecule has 1 heterocycles. The number of hydrogen-bond donors (Lipinski definition) is 2. The molecule has 0 aromatic heterocycles. The van der Waals surface area contributed by atoms with Crippen LogP contribution in [-0.4, -0.2) is 54.9 Å². The van der Waals surface area contributed by atoms with Crippen LogP contribution in [-0.2, 0) is 9.53 Å². The normalized spacial score (nSPS) is 22.0. The smallest absolute Gasteiger partial charge is 0.317 e. The molecule has 20 heavy (non-hydrogen) atoms. The number of ether oxygens (including phenoxy) is 1. The predicted molar refractivity (Wildman–Crippen MR) is 75.7 cm³/mol. The number of carboxylic acids is 1. The van der Waals surface area contributed by atoms with E-state index < -0.39 is 11.4 Å². The molecular weight excluding hydrogens is 260 g/mol. The van der Waals surface area contributed by atoms with E-state index in [2.05, 4.69) is 5.32 Å². The molecule has 0 saturated carbocycles. The van der Waals surface area contributed by atoms with Gasteiger partial charge in [-0.1, -0.05) is 13.3 Å². The molecule has 1 atom stereocenters. The zero-order chi connectivity index (χ0) is 15.0. The number of carboxylic acid groups (broad SMARTS) is 1. The first-order valence-electron chi connectivity index (χ1n) is 7.39. The lowest BCUT2D eigenvalue weighted by Gasteiger charge is -2.24. The van der Waals surface area contributed by atoms with Gasteiger partial charge in [-0.05, 0) is 26.2 Å². The summed E-state index contributed by atoms with van der Waals surface area (Å²) in [6.45, 7) is 6.60. The van der Waals surface area contributed by atoms with Crippen LogP contribution < -0.4 is 5.32 Å². The van der Waals surface area contributed by atoms with Gasteiger partial charge >= 0.3 is 12.0 Å². The molecule has 0 aliphatic carbocycles. The van der Waals surface area contributed by atoms with Gasteiger partial charge in [-0.3, -0.25) is 4.79 Å². The first kappa shape index (κ1) is 16.8. The molecule has 1 aliphatic heterocycles. The summed E-state index contributed by atoms with van der Waals surface area (Å²) in [5.41, 5.74) is -0.753. The quantitative estimate of drug-likeness (QED) is 0.666. The Hall–Kier alpha value is -1.30. The lowest BCUT2D eigenvalue weighted by molar-refractivity contribution is -0.148. The van der Waals surface area contributed by atoms with E-state index in [-0.39, 0.29) is 6.03 Å². The second-order valence-electron chi connectivity index (χ2n) is 5.29. The average molecular weight is 286 g/mol. The Morgan fingerprint density at radius 2 is 2.15 bits per heavy atom. The summed E-state index contributed by atoms with van der Waals surface area (Å²) in [6.07, 6.45) is 2.75. The number of carbonyl (C=O) groups is 2. The second-order valence-corrected chi connectivity index (χ2v) is 5.29. The molecule has 0 radical (unpaired) electrons. The van der Waals surface area contributed by atoms with Gasteiger partial charge < -0.3 is 20.1 Å². The highest BCUT2D eigenvalue weighted by Gasteiger charge is 2.45. The lowest BCUT2D eigenvalue weighted by atomic mass is 9.83. The number of amides is 2.